The van der Waals surface area contributed by atoms with Crippen molar-refractivity contribution in [3.8, 4) is 11.7 Å². The van der Waals surface area contributed by atoms with Crippen molar-refractivity contribution in [3.05, 3.63) is 54.4 Å². The SMILES string of the molecule is COc1nc(N(C)CCN(C)C)ccc1Nc1nccc(-n2nc(C)c3ccccc32)n1. The smallest absolute Gasteiger partial charge is 0.239 e. The monoisotopic (exact) mass is 432 g/mol. The molecule has 0 spiro atoms. The summed E-state index contributed by atoms with van der Waals surface area (Å²) in [6.45, 7) is 3.79. The first-order valence-electron chi connectivity index (χ1n) is 10.4. The van der Waals surface area contributed by atoms with E-state index in [0.29, 0.717) is 23.3 Å². The number of methoxy groups -OCH3 is 1. The van der Waals surface area contributed by atoms with E-state index in [9.17, 15) is 0 Å². The number of benzene rings is 1. The van der Waals surface area contributed by atoms with Crippen LogP contribution in [0, 0.1) is 6.92 Å². The van der Waals surface area contributed by atoms with E-state index in [4.69, 9.17) is 4.74 Å². The Labute approximate surface area is 187 Å². The molecule has 0 atom stereocenters. The van der Waals surface area contributed by atoms with Gasteiger partial charge in [-0.25, -0.2) is 9.67 Å². The predicted octanol–water partition coefficient (Wildman–Crippen LogP) is 3.27. The van der Waals surface area contributed by atoms with E-state index < -0.39 is 0 Å². The van der Waals surface area contributed by atoms with E-state index in [1.165, 1.54) is 0 Å². The summed E-state index contributed by atoms with van der Waals surface area (Å²) in [6.07, 6.45) is 1.71. The molecule has 0 radical (unpaired) electrons. The maximum atomic E-state index is 5.53. The minimum absolute atomic E-state index is 0.438. The first-order chi connectivity index (χ1) is 15.5. The molecule has 1 N–H and O–H groups in total. The van der Waals surface area contributed by atoms with Crippen LogP contribution in [-0.2, 0) is 0 Å². The number of pyridine rings is 1. The number of nitrogens with zero attached hydrogens (tertiary/aromatic N) is 7. The standard InChI is InChI=1S/C23H28N8O/c1-16-17-8-6-7-9-19(17)31(28-16)21-12-13-24-23(27-21)25-18-10-11-20(26-22(18)32-5)30(4)15-14-29(2)3/h6-13H,14-15H2,1-5H3,(H,24,25,27). The van der Waals surface area contributed by atoms with Crippen LogP contribution in [0.4, 0.5) is 17.5 Å². The maximum absolute atomic E-state index is 5.53. The first-order valence-corrected chi connectivity index (χ1v) is 10.4. The third-order valence-corrected chi connectivity index (χ3v) is 5.19. The molecule has 4 aromatic rings. The lowest BCUT2D eigenvalue weighted by Gasteiger charge is -2.21. The van der Waals surface area contributed by atoms with E-state index >= 15 is 0 Å². The lowest BCUT2D eigenvalue weighted by Crippen LogP contribution is -2.29. The van der Waals surface area contributed by atoms with Crippen molar-refractivity contribution >= 4 is 28.4 Å². The summed E-state index contributed by atoms with van der Waals surface area (Å²) >= 11 is 0. The van der Waals surface area contributed by atoms with Crippen molar-refractivity contribution in [3.63, 3.8) is 0 Å². The van der Waals surface area contributed by atoms with Gasteiger partial charge >= 0.3 is 0 Å². The van der Waals surface area contributed by atoms with Gasteiger partial charge < -0.3 is 19.9 Å². The number of ether oxygens (including phenoxy) is 1. The molecule has 4 rings (SSSR count). The third kappa shape index (κ3) is 4.47. The van der Waals surface area contributed by atoms with Gasteiger partial charge in [-0.2, -0.15) is 15.1 Å². The number of para-hydroxylation sites is 1. The number of nitrogens with one attached hydrogen (secondary N) is 1. The fraction of sp³-hybridized carbons (Fsp3) is 0.304. The summed E-state index contributed by atoms with van der Waals surface area (Å²) in [4.78, 5) is 17.9. The quantitative estimate of drug-likeness (QED) is 0.454. The molecule has 0 bridgehead atoms. The van der Waals surface area contributed by atoms with Gasteiger partial charge in [0, 0.05) is 37.8 Å². The van der Waals surface area contributed by atoms with Gasteiger partial charge in [0.2, 0.25) is 11.8 Å². The summed E-state index contributed by atoms with van der Waals surface area (Å²) in [7, 11) is 7.72. The van der Waals surface area contributed by atoms with Crippen molar-refractivity contribution in [1.82, 2.24) is 29.6 Å². The largest absolute Gasteiger partial charge is 0.479 e. The fourth-order valence-electron chi connectivity index (χ4n) is 3.40. The fourth-order valence-corrected chi connectivity index (χ4v) is 3.40. The zero-order valence-electron chi connectivity index (χ0n) is 19.1. The van der Waals surface area contributed by atoms with Crippen molar-refractivity contribution < 1.29 is 4.74 Å². The van der Waals surface area contributed by atoms with E-state index in [-0.39, 0.29) is 0 Å². The summed E-state index contributed by atoms with van der Waals surface area (Å²) in [6, 6.07) is 13.8. The molecule has 9 nitrogen and oxygen atoms in total. The Hall–Kier alpha value is -3.72. The Morgan fingerprint density at radius 1 is 1.00 bits per heavy atom. The van der Waals surface area contributed by atoms with Gasteiger partial charge in [0.15, 0.2) is 5.82 Å². The molecular weight excluding hydrogens is 404 g/mol. The van der Waals surface area contributed by atoms with Crippen LogP contribution in [0.1, 0.15) is 5.69 Å². The van der Waals surface area contributed by atoms with Crippen molar-refractivity contribution in [1.29, 1.82) is 0 Å². The van der Waals surface area contributed by atoms with Crippen LogP contribution in [-0.4, -0.2) is 71.0 Å². The average molecular weight is 433 g/mol. The highest BCUT2D eigenvalue weighted by Crippen LogP contribution is 2.28. The molecule has 0 saturated carbocycles. The molecule has 0 aliphatic rings. The number of fused-ring (bicyclic) bond motifs is 1. The van der Waals surface area contributed by atoms with E-state index in [1.807, 2.05) is 55.1 Å². The minimum atomic E-state index is 0.438. The zero-order chi connectivity index (χ0) is 22.7. The molecule has 3 aromatic heterocycles. The van der Waals surface area contributed by atoms with Gasteiger partial charge in [-0.1, -0.05) is 18.2 Å². The van der Waals surface area contributed by atoms with Crippen molar-refractivity contribution in [2.45, 2.75) is 6.92 Å². The zero-order valence-corrected chi connectivity index (χ0v) is 19.1. The molecule has 0 aliphatic heterocycles. The topological polar surface area (TPSA) is 84.2 Å². The second-order valence-electron chi connectivity index (χ2n) is 7.83. The number of aromatic nitrogens is 5. The lowest BCUT2D eigenvalue weighted by atomic mass is 10.2. The highest BCUT2D eigenvalue weighted by Gasteiger charge is 2.13. The minimum Gasteiger partial charge on any atom is -0.479 e. The molecule has 166 valence electrons. The number of hydrogen-bond donors (Lipinski definition) is 1. The van der Waals surface area contributed by atoms with E-state index in [2.05, 4.69) is 55.3 Å². The normalized spacial score (nSPS) is 11.2. The van der Waals surface area contributed by atoms with Crippen molar-refractivity contribution in [2.24, 2.45) is 0 Å². The third-order valence-electron chi connectivity index (χ3n) is 5.19. The number of likely N-dealkylation sites (N-methyl/N-ethyl adjacent to an activating group) is 2. The van der Waals surface area contributed by atoms with E-state index in [1.54, 1.807) is 13.3 Å². The summed E-state index contributed by atoms with van der Waals surface area (Å²) in [5.74, 6) is 2.43. The van der Waals surface area contributed by atoms with Crippen LogP contribution in [0.25, 0.3) is 16.7 Å². The van der Waals surface area contributed by atoms with Gasteiger partial charge in [0.25, 0.3) is 0 Å². The van der Waals surface area contributed by atoms with Crippen LogP contribution < -0.4 is 15.0 Å². The molecule has 0 aliphatic carbocycles. The number of anilines is 3. The highest BCUT2D eigenvalue weighted by molar-refractivity contribution is 5.83. The second-order valence-corrected chi connectivity index (χ2v) is 7.83. The molecule has 0 unspecified atom stereocenters. The molecule has 1 aromatic carbocycles. The van der Waals surface area contributed by atoms with Crippen LogP contribution in [0.2, 0.25) is 0 Å². The van der Waals surface area contributed by atoms with Crippen molar-refractivity contribution in [2.75, 3.05) is 51.6 Å². The Morgan fingerprint density at radius 3 is 2.59 bits per heavy atom. The van der Waals surface area contributed by atoms with Crippen LogP contribution in [0.15, 0.2) is 48.7 Å². The maximum Gasteiger partial charge on any atom is 0.239 e. The lowest BCUT2D eigenvalue weighted by molar-refractivity contribution is 0.398. The van der Waals surface area contributed by atoms with Gasteiger partial charge in [-0.3, -0.25) is 0 Å². The van der Waals surface area contributed by atoms with Crippen LogP contribution >= 0.6 is 0 Å². The molecule has 0 amide bonds. The number of rotatable bonds is 8. The van der Waals surface area contributed by atoms with E-state index in [0.717, 1.165) is 35.5 Å². The Balaban J connectivity index is 1.59. The van der Waals surface area contributed by atoms with Crippen LogP contribution in [0.3, 0.4) is 0 Å². The predicted molar refractivity (Wildman–Crippen MR) is 127 cm³/mol. The molecule has 3 heterocycles. The highest BCUT2D eigenvalue weighted by atomic mass is 16.5. The van der Waals surface area contributed by atoms with Gasteiger partial charge in [0.1, 0.15) is 11.5 Å². The molecule has 0 saturated heterocycles. The molecule has 9 heteroatoms. The summed E-state index contributed by atoms with van der Waals surface area (Å²) in [5, 5.41) is 8.98. The van der Waals surface area contributed by atoms with Crippen LogP contribution in [0.5, 0.6) is 5.88 Å². The van der Waals surface area contributed by atoms with Gasteiger partial charge in [0.05, 0.1) is 18.3 Å². The number of aryl methyl sites for hydroxylation is 1. The molecule has 0 fully saturated rings. The molecule has 32 heavy (non-hydrogen) atoms. The summed E-state index contributed by atoms with van der Waals surface area (Å²) < 4.78 is 7.36. The van der Waals surface area contributed by atoms with Gasteiger partial charge in [-0.05, 0) is 39.2 Å². The van der Waals surface area contributed by atoms with Gasteiger partial charge in [-0.15, -0.1) is 0 Å². The Bertz CT molecular complexity index is 1220. The Kier molecular flexibility index (Phi) is 6.18. The average Bonchev–Trinajstić information content (AvgIpc) is 3.14. The molecular formula is C23H28N8O. The second kappa shape index (κ2) is 9.19. The first kappa shape index (κ1) is 21.5. The number of hydrogen-bond acceptors (Lipinski definition) is 8. The summed E-state index contributed by atoms with van der Waals surface area (Å²) in [5.41, 5.74) is 2.64. The Morgan fingerprint density at radius 2 is 1.81 bits per heavy atom.